The average Bonchev–Trinajstić information content (AvgIpc) is 3.12. The molecule has 0 bridgehead atoms. The minimum atomic E-state index is -0.495. The van der Waals surface area contributed by atoms with Crippen molar-refractivity contribution in [3.63, 3.8) is 0 Å². The molecule has 148 valence electrons. The van der Waals surface area contributed by atoms with Gasteiger partial charge in [-0.05, 0) is 30.7 Å². The second-order valence-electron chi connectivity index (χ2n) is 6.05. The molecule has 0 saturated heterocycles. The summed E-state index contributed by atoms with van der Waals surface area (Å²) in [5, 5.41) is 22.0. The topological polar surface area (TPSA) is 177 Å². The number of aromatic nitrogens is 1. The fraction of sp³-hybridized carbons (Fsp3) is 0.0556. The number of H-pyrrole nitrogens is 1. The van der Waals surface area contributed by atoms with Gasteiger partial charge >= 0.3 is 0 Å². The summed E-state index contributed by atoms with van der Waals surface area (Å²) in [6, 6.07) is 13.2. The third-order valence-electron chi connectivity index (χ3n) is 4.03. The molecule has 7 N–H and O–H groups in total. The van der Waals surface area contributed by atoms with E-state index in [0.717, 1.165) is 5.56 Å². The standard InChI is InChI=1S/C18H18N8O3/c1-10(23-25-24-18(19)20)11-5-7-13(8-6-11)21-17(27)14-9-12-3-2-4-15(26(28)29)16(12)22-14/h2-9,22,25H,1H3,(H,21,27)(H4,19,20,24)/b23-10+. The van der Waals surface area contributed by atoms with E-state index >= 15 is 0 Å². The summed E-state index contributed by atoms with van der Waals surface area (Å²) < 4.78 is 0. The van der Waals surface area contributed by atoms with Gasteiger partial charge in [-0.15, -0.1) is 5.10 Å². The molecule has 0 saturated carbocycles. The van der Waals surface area contributed by atoms with Gasteiger partial charge in [-0.25, -0.2) is 0 Å². The third kappa shape index (κ3) is 4.47. The molecule has 0 unspecified atom stereocenters. The molecule has 11 heteroatoms. The number of amides is 1. The van der Waals surface area contributed by atoms with Gasteiger partial charge in [0.15, 0.2) is 0 Å². The molecule has 1 amide bonds. The Balaban J connectivity index is 1.74. The number of hydrogen-bond acceptors (Lipinski definition) is 6. The fourth-order valence-corrected chi connectivity index (χ4v) is 2.63. The Hall–Kier alpha value is -4.41. The first-order valence-corrected chi connectivity index (χ1v) is 8.41. The molecule has 0 aliphatic rings. The van der Waals surface area contributed by atoms with E-state index in [1.54, 1.807) is 49.4 Å². The fourth-order valence-electron chi connectivity index (χ4n) is 2.63. The zero-order valence-electron chi connectivity index (χ0n) is 15.3. The van der Waals surface area contributed by atoms with E-state index in [9.17, 15) is 14.9 Å². The van der Waals surface area contributed by atoms with Crippen molar-refractivity contribution in [1.29, 1.82) is 0 Å². The first kappa shape index (κ1) is 19.4. The number of hydrazone groups is 2. The molecule has 0 aliphatic carbocycles. The first-order chi connectivity index (χ1) is 13.8. The zero-order chi connectivity index (χ0) is 21.0. The van der Waals surface area contributed by atoms with Crippen molar-refractivity contribution in [2.24, 2.45) is 21.7 Å². The van der Waals surface area contributed by atoms with Gasteiger partial charge in [-0.1, -0.05) is 24.3 Å². The van der Waals surface area contributed by atoms with Crippen LogP contribution in [0.2, 0.25) is 0 Å². The van der Waals surface area contributed by atoms with Gasteiger partial charge in [0.25, 0.3) is 11.6 Å². The lowest BCUT2D eigenvalue weighted by Gasteiger charge is -2.05. The second-order valence-corrected chi connectivity index (χ2v) is 6.05. The number of anilines is 1. The van der Waals surface area contributed by atoms with Crippen molar-refractivity contribution in [3.8, 4) is 0 Å². The van der Waals surface area contributed by atoms with E-state index in [4.69, 9.17) is 11.5 Å². The maximum atomic E-state index is 12.5. The maximum absolute atomic E-state index is 12.5. The van der Waals surface area contributed by atoms with Gasteiger partial charge < -0.3 is 21.8 Å². The Morgan fingerprint density at radius 1 is 1.14 bits per heavy atom. The van der Waals surface area contributed by atoms with Crippen LogP contribution in [-0.2, 0) is 0 Å². The summed E-state index contributed by atoms with van der Waals surface area (Å²) in [7, 11) is 0. The minimum Gasteiger partial charge on any atom is -0.369 e. The number of guanidine groups is 1. The number of fused-ring (bicyclic) bond motifs is 1. The number of nitro groups is 1. The van der Waals surface area contributed by atoms with Gasteiger partial charge in [0.2, 0.25) is 5.96 Å². The number of nitrogens with one attached hydrogen (secondary N) is 3. The summed E-state index contributed by atoms with van der Waals surface area (Å²) in [5.74, 6) is -0.551. The second kappa shape index (κ2) is 8.08. The van der Waals surface area contributed by atoms with Crippen molar-refractivity contribution in [3.05, 3.63) is 69.9 Å². The molecular formula is C18H18N8O3. The van der Waals surface area contributed by atoms with Crippen molar-refractivity contribution in [2.45, 2.75) is 6.92 Å². The Labute approximate surface area is 164 Å². The Morgan fingerprint density at radius 2 is 1.86 bits per heavy atom. The highest BCUT2D eigenvalue weighted by molar-refractivity contribution is 6.07. The van der Waals surface area contributed by atoms with Crippen LogP contribution in [0.25, 0.3) is 10.9 Å². The molecule has 2 aromatic carbocycles. The van der Waals surface area contributed by atoms with E-state index in [1.165, 1.54) is 6.07 Å². The van der Waals surface area contributed by atoms with Crippen LogP contribution in [0.5, 0.6) is 0 Å². The molecule has 1 aromatic heterocycles. The summed E-state index contributed by atoms with van der Waals surface area (Å²) in [6.07, 6.45) is 0. The first-order valence-electron chi connectivity index (χ1n) is 8.41. The monoisotopic (exact) mass is 394 g/mol. The molecule has 0 radical (unpaired) electrons. The predicted octanol–water partition coefficient (Wildman–Crippen LogP) is 1.83. The number of nitro benzene ring substituents is 1. The van der Waals surface area contributed by atoms with Crippen LogP contribution in [0.3, 0.4) is 0 Å². The summed E-state index contributed by atoms with van der Waals surface area (Å²) in [5.41, 5.74) is 15.2. The normalized spacial score (nSPS) is 11.1. The molecule has 0 aliphatic heterocycles. The smallest absolute Gasteiger partial charge is 0.293 e. The Morgan fingerprint density at radius 3 is 2.52 bits per heavy atom. The summed E-state index contributed by atoms with van der Waals surface area (Å²) in [4.78, 5) is 25.9. The lowest BCUT2D eigenvalue weighted by Crippen LogP contribution is -2.25. The summed E-state index contributed by atoms with van der Waals surface area (Å²) in [6.45, 7) is 1.76. The zero-order valence-corrected chi connectivity index (χ0v) is 15.3. The quantitative estimate of drug-likeness (QED) is 0.184. The number of non-ortho nitro benzene ring substituents is 1. The van der Waals surface area contributed by atoms with E-state index < -0.39 is 10.8 Å². The van der Waals surface area contributed by atoms with Crippen LogP contribution in [0.15, 0.2) is 58.7 Å². The van der Waals surface area contributed by atoms with Crippen molar-refractivity contribution in [2.75, 3.05) is 5.32 Å². The number of hydrogen-bond donors (Lipinski definition) is 5. The minimum absolute atomic E-state index is 0.0880. The highest BCUT2D eigenvalue weighted by Crippen LogP contribution is 2.25. The largest absolute Gasteiger partial charge is 0.369 e. The van der Waals surface area contributed by atoms with Crippen LogP contribution in [-0.4, -0.2) is 27.5 Å². The number of nitrogens with two attached hydrogens (primary N) is 2. The van der Waals surface area contributed by atoms with Gasteiger partial charge in [0.1, 0.15) is 11.2 Å². The molecule has 0 fully saturated rings. The van der Waals surface area contributed by atoms with Gasteiger partial charge in [0.05, 0.1) is 10.6 Å². The molecule has 0 atom stereocenters. The van der Waals surface area contributed by atoms with E-state index in [1.807, 2.05) is 0 Å². The van der Waals surface area contributed by atoms with E-state index in [-0.39, 0.29) is 17.3 Å². The third-order valence-corrected chi connectivity index (χ3v) is 4.03. The van der Waals surface area contributed by atoms with Crippen molar-refractivity contribution >= 4 is 39.9 Å². The average molecular weight is 394 g/mol. The summed E-state index contributed by atoms with van der Waals surface area (Å²) >= 11 is 0. The van der Waals surface area contributed by atoms with Crippen LogP contribution in [0, 0.1) is 10.1 Å². The lowest BCUT2D eigenvalue weighted by atomic mass is 10.1. The van der Waals surface area contributed by atoms with Gasteiger partial charge in [0, 0.05) is 17.1 Å². The number of carbonyl (C=O) groups excluding carboxylic acids is 1. The SMILES string of the molecule is C/C(=N\NN=C(N)N)c1ccc(NC(=O)c2cc3cccc([N+](=O)[O-])c3[nH]2)cc1. The van der Waals surface area contributed by atoms with Crippen LogP contribution >= 0.6 is 0 Å². The highest BCUT2D eigenvalue weighted by atomic mass is 16.6. The predicted molar refractivity (Wildman–Crippen MR) is 111 cm³/mol. The molecular weight excluding hydrogens is 376 g/mol. The maximum Gasteiger partial charge on any atom is 0.293 e. The molecule has 3 aromatic rings. The number of benzene rings is 2. The molecule has 11 nitrogen and oxygen atoms in total. The van der Waals surface area contributed by atoms with Gasteiger partial charge in [-0.3, -0.25) is 14.9 Å². The Bertz CT molecular complexity index is 1130. The van der Waals surface area contributed by atoms with Crippen LogP contribution < -0.4 is 22.3 Å². The van der Waals surface area contributed by atoms with Gasteiger partial charge in [-0.2, -0.15) is 10.6 Å². The van der Waals surface area contributed by atoms with E-state index in [2.05, 4.69) is 26.0 Å². The van der Waals surface area contributed by atoms with Crippen LogP contribution in [0.4, 0.5) is 11.4 Å². The van der Waals surface area contributed by atoms with Crippen LogP contribution in [0.1, 0.15) is 23.0 Å². The number of carbonyl (C=O) groups is 1. The Kier molecular flexibility index (Phi) is 5.39. The van der Waals surface area contributed by atoms with Crippen molar-refractivity contribution < 1.29 is 9.72 Å². The van der Waals surface area contributed by atoms with E-state index in [0.29, 0.717) is 22.3 Å². The molecule has 29 heavy (non-hydrogen) atoms. The molecule has 0 spiro atoms. The molecule has 3 rings (SSSR count). The van der Waals surface area contributed by atoms with Crippen molar-refractivity contribution in [1.82, 2.24) is 10.5 Å². The number of nitrogens with zero attached hydrogens (tertiary/aromatic N) is 3. The highest BCUT2D eigenvalue weighted by Gasteiger charge is 2.17. The molecule has 1 heterocycles. The number of rotatable bonds is 6. The number of aromatic amines is 1. The number of para-hydroxylation sites is 1. The lowest BCUT2D eigenvalue weighted by molar-refractivity contribution is -0.383.